The molecule has 0 spiro atoms. The lowest BCUT2D eigenvalue weighted by Gasteiger charge is -1.95. The van der Waals surface area contributed by atoms with Crippen molar-refractivity contribution in [2.45, 2.75) is 0 Å². The van der Waals surface area contributed by atoms with Crippen LogP contribution in [-0.4, -0.2) is 7.69 Å². The summed E-state index contributed by atoms with van der Waals surface area (Å²) in [6.07, 6.45) is 0. The van der Waals surface area contributed by atoms with Crippen molar-refractivity contribution in [1.29, 1.82) is 0 Å². The van der Waals surface area contributed by atoms with Crippen LogP contribution in [0.5, 0.6) is 11.5 Å². The Morgan fingerprint density at radius 1 is 1.20 bits per heavy atom. The third kappa shape index (κ3) is 0.885. The quantitative estimate of drug-likeness (QED) is 0.591. The zero-order chi connectivity index (χ0) is 6.97. The second-order valence-corrected chi connectivity index (χ2v) is 2.84. The van der Waals surface area contributed by atoms with Crippen LogP contribution in [0.3, 0.4) is 0 Å². The van der Waals surface area contributed by atoms with Crippen molar-refractivity contribution in [2.75, 3.05) is 0 Å². The summed E-state index contributed by atoms with van der Waals surface area (Å²) in [5, 5.41) is 0. The highest BCUT2D eigenvalue weighted by atomic mass is 79.9. The fraction of sp³-hybridized carbons (Fsp3) is 0. The summed E-state index contributed by atoms with van der Waals surface area (Å²) in [5.41, 5.74) is 0. The van der Waals surface area contributed by atoms with Gasteiger partial charge in [0.2, 0.25) is 0 Å². The number of benzene rings is 1. The first-order chi connectivity index (χ1) is 4.86. The summed E-state index contributed by atoms with van der Waals surface area (Å²) in [6, 6.07) is 5.61. The van der Waals surface area contributed by atoms with Crippen molar-refractivity contribution < 1.29 is 9.31 Å². The number of rotatable bonds is 0. The maximum absolute atomic E-state index is 5.00. The van der Waals surface area contributed by atoms with Crippen LogP contribution < -0.4 is 9.31 Å². The lowest BCUT2D eigenvalue weighted by molar-refractivity contribution is 0.541. The van der Waals surface area contributed by atoms with Gasteiger partial charge < -0.3 is 9.31 Å². The maximum atomic E-state index is 5.00. The second-order valence-electron chi connectivity index (χ2n) is 1.92. The molecule has 1 aromatic rings. The van der Waals surface area contributed by atoms with Crippen LogP contribution in [0.25, 0.3) is 0 Å². The van der Waals surface area contributed by atoms with Gasteiger partial charge in [0.05, 0.1) is 0 Å². The molecule has 1 heterocycles. The number of hydrogen-bond donors (Lipinski definition) is 0. The summed E-state index contributed by atoms with van der Waals surface area (Å²) < 4.78 is 11.0. The third-order valence-electron chi connectivity index (χ3n) is 1.26. The van der Waals surface area contributed by atoms with E-state index in [4.69, 9.17) is 9.31 Å². The van der Waals surface area contributed by atoms with E-state index in [1.54, 1.807) is 0 Å². The summed E-state index contributed by atoms with van der Waals surface area (Å²) in [7, 11) is 1.32. The predicted molar refractivity (Wildman–Crippen MR) is 41.2 cm³/mol. The van der Waals surface area contributed by atoms with E-state index in [2.05, 4.69) is 15.9 Å². The zero-order valence-corrected chi connectivity index (χ0v) is 6.59. The Morgan fingerprint density at radius 2 is 2.00 bits per heavy atom. The van der Waals surface area contributed by atoms with Crippen molar-refractivity contribution in [1.82, 2.24) is 0 Å². The predicted octanol–water partition coefficient (Wildman–Crippen LogP) is 1.75. The van der Waals surface area contributed by atoms with Gasteiger partial charge in [-0.3, -0.25) is 0 Å². The molecule has 0 atom stereocenters. The fourth-order valence-electron chi connectivity index (χ4n) is 0.799. The second kappa shape index (κ2) is 2.20. The van der Waals surface area contributed by atoms with E-state index in [0.717, 1.165) is 16.0 Å². The highest BCUT2D eigenvalue weighted by Gasteiger charge is 2.15. The van der Waals surface area contributed by atoms with E-state index in [0.29, 0.717) is 0 Å². The monoisotopic (exact) mass is 197 g/mol. The fourth-order valence-corrected chi connectivity index (χ4v) is 1.14. The van der Waals surface area contributed by atoms with Crippen LogP contribution in [0.15, 0.2) is 22.7 Å². The molecule has 0 saturated carbocycles. The van der Waals surface area contributed by atoms with Crippen LogP contribution in [0.2, 0.25) is 0 Å². The van der Waals surface area contributed by atoms with Crippen molar-refractivity contribution in [3.63, 3.8) is 0 Å². The molecule has 1 aliphatic heterocycles. The molecule has 4 heteroatoms. The van der Waals surface area contributed by atoms with Gasteiger partial charge in [0.15, 0.2) is 0 Å². The first kappa shape index (κ1) is 6.10. The topological polar surface area (TPSA) is 18.5 Å². The molecule has 0 fully saturated rings. The first-order valence-corrected chi connectivity index (χ1v) is 3.60. The van der Waals surface area contributed by atoms with Gasteiger partial charge in [0.1, 0.15) is 11.5 Å². The van der Waals surface area contributed by atoms with Gasteiger partial charge in [-0.2, -0.15) is 0 Å². The van der Waals surface area contributed by atoms with Crippen molar-refractivity contribution in [3.8, 4) is 11.5 Å². The Bertz CT molecular complexity index is 264. The smallest absolute Gasteiger partial charge is 0.524 e. The van der Waals surface area contributed by atoms with Gasteiger partial charge in [0, 0.05) is 4.47 Å². The summed E-state index contributed by atoms with van der Waals surface area (Å²) in [6.45, 7) is 0. The summed E-state index contributed by atoms with van der Waals surface area (Å²) >= 11 is 3.32. The Labute approximate surface area is 67.6 Å². The van der Waals surface area contributed by atoms with E-state index >= 15 is 0 Å². The molecule has 0 aliphatic carbocycles. The molecule has 0 saturated heterocycles. The van der Waals surface area contributed by atoms with Crippen LogP contribution in [0.1, 0.15) is 0 Å². The van der Waals surface area contributed by atoms with Crippen LogP contribution in [0, 0.1) is 0 Å². The first-order valence-electron chi connectivity index (χ1n) is 2.81. The van der Waals surface area contributed by atoms with Crippen molar-refractivity contribution in [2.24, 2.45) is 0 Å². The molecular weight excluding hydrogens is 195 g/mol. The van der Waals surface area contributed by atoms with Gasteiger partial charge in [0.25, 0.3) is 0 Å². The molecule has 0 bridgehead atoms. The molecule has 1 radical (unpaired) electrons. The van der Waals surface area contributed by atoms with E-state index in [1.807, 2.05) is 18.2 Å². The molecule has 0 N–H and O–H groups in total. The van der Waals surface area contributed by atoms with Gasteiger partial charge in [-0.05, 0) is 18.2 Å². The van der Waals surface area contributed by atoms with Gasteiger partial charge in [-0.1, -0.05) is 15.9 Å². The average molecular weight is 198 g/mol. The number of hydrogen-bond acceptors (Lipinski definition) is 2. The van der Waals surface area contributed by atoms with E-state index in [-0.39, 0.29) is 0 Å². The molecule has 0 amide bonds. The van der Waals surface area contributed by atoms with E-state index < -0.39 is 0 Å². The SMILES string of the molecule is Brc1ccc2c(c1)O[B]O2. The molecule has 1 aliphatic rings. The lowest BCUT2D eigenvalue weighted by atomic mass is 10.3. The number of fused-ring (bicyclic) bond motifs is 1. The van der Waals surface area contributed by atoms with Crippen molar-refractivity contribution in [3.05, 3.63) is 22.7 Å². The van der Waals surface area contributed by atoms with Crippen molar-refractivity contribution >= 4 is 23.6 Å². The molecule has 2 rings (SSSR count). The minimum atomic E-state index is 0.759. The lowest BCUT2D eigenvalue weighted by Crippen LogP contribution is -1.99. The molecule has 0 unspecified atom stereocenters. The minimum Gasteiger partial charge on any atom is -0.524 e. The summed E-state index contributed by atoms with van der Waals surface area (Å²) in [4.78, 5) is 0. The van der Waals surface area contributed by atoms with Gasteiger partial charge in [-0.25, -0.2) is 0 Å². The Hall–Kier alpha value is -0.635. The highest BCUT2D eigenvalue weighted by Crippen LogP contribution is 2.33. The molecule has 10 heavy (non-hydrogen) atoms. The highest BCUT2D eigenvalue weighted by molar-refractivity contribution is 9.10. The van der Waals surface area contributed by atoms with E-state index in [9.17, 15) is 0 Å². The molecule has 2 nitrogen and oxygen atoms in total. The Balaban J connectivity index is 2.52. The molecule has 49 valence electrons. The third-order valence-corrected chi connectivity index (χ3v) is 1.75. The largest absolute Gasteiger partial charge is 0.658 e. The minimum absolute atomic E-state index is 0.759. The van der Waals surface area contributed by atoms with Gasteiger partial charge in [-0.15, -0.1) is 0 Å². The van der Waals surface area contributed by atoms with Crippen LogP contribution in [0.4, 0.5) is 0 Å². The molecule has 1 aromatic carbocycles. The van der Waals surface area contributed by atoms with E-state index in [1.165, 1.54) is 7.69 Å². The number of halogens is 1. The van der Waals surface area contributed by atoms with Gasteiger partial charge >= 0.3 is 7.69 Å². The van der Waals surface area contributed by atoms with Crippen LogP contribution in [-0.2, 0) is 0 Å². The zero-order valence-electron chi connectivity index (χ0n) is 5.00. The Kier molecular flexibility index (Phi) is 1.34. The molecular formula is C6H3BBrO2. The maximum Gasteiger partial charge on any atom is 0.658 e. The normalized spacial score (nSPS) is 12.9. The average Bonchev–Trinajstić information content (AvgIpc) is 2.33. The standard InChI is InChI=1S/C6H3BBrO2/c8-4-1-2-5-6(3-4)10-7-9-5/h1-3H. The summed E-state index contributed by atoms with van der Waals surface area (Å²) in [5.74, 6) is 1.53. The molecule has 0 aromatic heterocycles. The van der Waals surface area contributed by atoms with Crippen LogP contribution >= 0.6 is 15.9 Å². The Morgan fingerprint density at radius 3 is 2.90 bits per heavy atom.